The van der Waals surface area contributed by atoms with Crippen LogP contribution < -0.4 is 5.32 Å². The van der Waals surface area contributed by atoms with E-state index < -0.39 is 10.0 Å². The maximum absolute atomic E-state index is 13.1. The minimum Gasteiger partial charge on any atom is -0.338 e. The van der Waals surface area contributed by atoms with Crippen LogP contribution >= 0.6 is 0 Å². The molecule has 31 heavy (non-hydrogen) atoms. The Balaban J connectivity index is 1.32. The SMILES string of the molecule is CC(C)c1cc(NC(=O)CN2CCN(S(=O)(=O)c3ccc4c(c3)CCCC4)CC2)on1. The van der Waals surface area contributed by atoms with Crippen molar-refractivity contribution in [1.82, 2.24) is 14.4 Å². The molecule has 1 aromatic carbocycles. The third-order valence-corrected chi connectivity index (χ3v) is 7.93. The lowest BCUT2D eigenvalue weighted by Crippen LogP contribution is -2.50. The summed E-state index contributed by atoms with van der Waals surface area (Å²) < 4.78 is 32.9. The van der Waals surface area contributed by atoms with Crippen LogP contribution in [-0.4, -0.2) is 61.4 Å². The summed E-state index contributed by atoms with van der Waals surface area (Å²) in [5, 5.41) is 6.65. The molecule has 2 aliphatic rings. The molecule has 8 nitrogen and oxygen atoms in total. The molecule has 4 rings (SSSR count). The van der Waals surface area contributed by atoms with Crippen LogP contribution in [0.5, 0.6) is 0 Å². The summed E-state index contributed by atoms with van der Waals surface area (Å²) in [7, 11) is -3.52. The number of aryl methyl sites for hydroxylation is 2. The van der Waals surface area contributed by atoms with Gasteiger partial charge in [0, 0.05) is 32.2 Å². The third-order valence-electron chi connectivity index (χ3n) is 6.04. The lowest BCUT2D eigenvalue weighted by Gasteiger charge is -2.33. The maximum atomic E-state index is 13.1. The molecule has 168 valence electrons. The molecular formula is C22H30N4O4S. The molecule has 1 aromatic heterocycles. The van der Waals surface area contributed by atoms with Crippen molar-refractivity contribution in [2.45, 2.75) is 50.3 Å². The number of nitrogens with one attached hydrogen (secondary N) is 1. The first-order chi connectivity index (χ1) is 14.8. The zero-order chi connectivity index (χ0) is 22.0. The molecule has 9 heteroatoms. The van der Waals surface area contributed by atoms with Gasteiger partial charge in [-0.05, 0) is 54.9 Å². The van der Waals surface area contributed by atoms with Gasteiger partial charge in [-0.15, -0.1) is 0 Å². The molecule has 1 aliphatic heterocycles. The molecule has 0 atom stereocenters. The smallest absolute Gasteiger partial charge is 0.243 e. The Kier molecular flexibility index (Phi) is 6.45. The predicted molar refractivity (Wildman–Crippen MR) is 118 cm³/mol. The monoisotopic (exact) mass is 446 g/mol. The van der Waals surface area contributed by atoms with Crippen molar-refractivity contribution in [3.05, 3.63) is 41.1 Å². The van der Waals surface area contributed by atoms with Gasteiger partial charge in [-0.2, -0.15) is 4.31 Å². The lowest BCUT2D eigenvalue weighted by atomic mass is 9.92. The highest BCUT2D eigenvalue weighted by Gasteiger charge is 2.30. The molecule has 2 heterocycles. The van der Waals surface area contributed by atoms with Crippen LogP contribution in [-0.2, 0) is 27.7 Å². The standard InChI is InChI=1S/C22H30N4O4S/c1-16(2)20-14-22(30-24-20)23-21(27)15-25-9-11-26(12-10-25)31(28,29)19-8-7-17-5-3-4-6-18(17)13-19/h7-8,13-14,16H,3-6,9-12,15H2,1-2H3,(H,23,27). The highest BCUT2D eigenvalue weighted by atomic mass is 32.2. The van der Waals surface area contributed by atoms with E-state index in [4.69, 9.17) is 4.52 Å². The van der Waals surface area contributed by atoms with Crippen LogP contribution in [0.3, 0.4) is 0 Å². The van der Waals surface area contributed by atoms with E-state index in [1.54, 1.807) is 12.1 Å². The van der Waals surface area contributed by atoms with E-state index in [2.05, 4.69) is 10.5 Å². The summed E-state index contributed by atoms with van der Waals surface area (Å²) >= 11 is 0. The quantitative estimate of drug-likeness (QED) is 0.733. The van der Waals surface area contributed by atoms with Gasteiger partial charge in [-0.3, -0.25) is 15.0 Å². The summed E-state index contributed by atoms with van der Waals surface area (Å²) in [6.45, 7) is 5.93. The number of hydrogen-bond donors (Lipinski definition) is 1. The molecule has 1 fully saturated rings. The van der Waals surface area contributed by atoms with Crippen LogP contribution in [0.25, 0.3) is 0 Å². The summed E-state index contributed by atoms with van der Waals surface area (Å²) in [6.07, 6.45) is 4.27. The van der Waals surface area contributed by atoms with Crippen LogP contribution in [0.2, 0.25) is 0 Å². The molecule has 1 amide bonds. The fourth-order valence-corrected chi connectivity index (χ4v) is 5.62. The topological polar surface area (TPSA) is 95.8 Å². The third kappa shape index (κ3) is 4.99. The number of sulfonamides is 1. The molecule has 2 aromatic rings. The first-order valence-corrected chi connectivity index (χ1v) is 12.4. The number of benzene rings is 1. The Morgan fingerprint density at radius 3 is 2.48 bits per heavy atom. The summed E-state index contributed by atoms with van der Waals surface area (Å²) in [5.74, 6) is 0.360. The van der Waals surface area contributed by atoms with E-state index in [9.17, 15) is 13.2 Å². The fraction of sp³-hybridized carbons (Fsp3) is 0.545. The number of anilines is 1. The van der Waals surface area contributed by atoms with Gasteiger partial charge >= 0.3 is 0 Å². The van der Waals surface area contributed by atoms with Crippen molar-refractivity contribution in [3.8, 4) is 0 Å². The van der Waals surface area contributed by atoms with Crippen LogP contribution in [0, 0.1) is 0 Å². The second-order valence-electron chi connectivity index (χ2n) is 8.64. The molecule has 1 aliphatic carbocycles. The lowest BCUT2D eigenvalue weighted by molar-refractivity contribution is -0.117. The predicted octanol–water partition coefficient (Wildman–Crippen LogP) is 2.62. The number of carbonyl (C=O) groups excluding carboxylic acids is 1. The number of nitrogens with zero attached hydrogens (tertiary/aromatic N) is 3. The number of carbonyl (C=O) groups is 1. The Hall–Kier alpha value is -2.23. The average Bonchev–Trinajstić information content (AvgIpc) is 3.22. The van der Waals surface area contributed by atoms with Gasteiger partial charge in [0.05, 0.1) is 17.1 Å². The fourth-order valence-electron chi connectivity index (χ4n) is 4.15. The zero-order valence-corrected chi connectivity index (χ0v) is 19.0. The van der Waals surface area contributed by atoms with Gasteiger partial charge < -0.3 is 4.52 Å². The molecule has 0 spiro atoms. The van der Waals surface area contributed by atoms with E-state index in [0.29, 0.717) is 37.0 Å². The molecule has 0 saturated carbocycles. The van der Waals surface area contributed by atoms with Crippen molar-refractivity contribution in [1.29, 1.82) is 0 Å². The number of amides is 1. The van der Waals surface area contributed by atoms with Crippen molar-refractivity contribution < 1.29 is 17.7 Å². The van der Waals surface area contributed by atoms with Crippen LogP contribution in [0.1, 0.15) is 49.4 Å². The number of hydrogen-bond acceptors (Lipinski definition) is 6. The molecule has 0 bridgehead atoms. The highest BCUT2D eigenvalue weighted by molar-refractivity contribution is 7.89. The summed E-state index contributed by atoms with van der Waals surface area (Å²) in [6, 6.07) is 7.29. The second kappa shape index (κ2) is 9.10. The number of fused-ring (bicyclic) bond motifs is 1. The van der Waals surface area contributed by atoms with Gasteiger partial charge in [0.1, 0.15) is 0 Å². The van der Waals surface area contributed by atoms with E-state index in [-0.39, 0.29) is 18.4 Å². The van der Waals surface area contributed by atoms with Crippen molar-refractivity contribution in [2.75, 3.05) is 38.0 Å². The molecular weight excluding hydrogens is 416 g/mol. The first kappa shape index (κ1) is 22.0. The van der Waals surface area contributed by atoms with Gasteiger partial charge in [-0.25, -0.2) is 8.42 Å². The summed E-state index contributed by atoms with van der Waals surface area (Å²) in [5.41, 5.74) is 3.22. The Morgan fingerprint density at radius 2 is 1.81 bits per heavy atom. The second-order valence-corrected chi connectivity index (χ2v) is 10.6. The number of rotatable bonds is 6. The van der Waals surface area contributed by atoms with Gasteiger partial charge in [0.25, 0.3) is 0 Å². The zero-order valence-electron chi connectivity index (χ0n) is 18.1. The number of aromatic nitrogens is 1. The Bertz CT molecular complexity index is 1040. The average molecular weight is 447 g/mol. The Morgan fingerprint density at radius 1 is 1.10 bits per heavy atom. The maximum Gasteiger partial charge on any atom is 0.243 e. The molecule has 1 saturated heterocycles. The van der Waals surface area contributed by atoms with Crippen molar-refractivity contribution in [2.24, 2.45) is 0 Å². The van der Waals surface area contributed by atoms with Crippen LogP contribution in [0.4, 0.5) is 5.88 Å². The Labute approximate surface area is 183 Å². The molecule has 0 unspecified atom stereocenters. The van der Waals surface area contributed by atoms with E-state index >= 15 is 0 Å². The first-order valence-electron chi connectivity index (χ1n) is 10.9. The van der Waals surface area contributed by atoms with E-state index in [1.165, 1.54) is 16.3 Å². The van der Waals surface area contributed by atoms with E-state index in [1.807, 2.05) is 30.9 Å². The minimum atomic E-state index is -3.52. The molecule has 1 N–H and O–H groups in total. The number of piperazine rings is 1. The van der Waals surface area contributed by atoms with Crippen LogP contribution in [0.15, 0.2) is 33.7 Å². The van der Waals surface area contributed by atoms with Crippen molar-refractivity contribution in [3.63, 3.8) is 0 Å². The highest BCUT2D eigenvalue weighted by Crippen LogP contribution is 2.26. The molecule has 0 radical (unpaired) electrons. The van der Waals surface area contributed by atoms with Gasteiger partial charge in [0.2, 0.25) is 21.8 Å². The van der Waals surface area contributed by atoms with E-state index in [0.717, 1.165) is 30.5 Å². The van der Waals surface area contributed by atoms with Gasteiger partial charge in [0.15, 0.2) is 0 Å². The van der Waals surface area contributed by atoms with Crippen molar-refractivity contribution >= 4 is 21.8 Å². The normalized spacial score (nSPS) is 18.2. The van der Waals surface area contributed by atoms with Gasteiger partial charge in [-0.1, -0.05) is 25.1 Å². The summed E-state index contributed by atoms with van der Waals surface area (Å²) in [4.78, 5) is 14.7. The largest absolute Gasteiger partial charge is 0.338 e. The minimum absolute atomic E-state index is 0.185.